The Morgan fingerprint density at radius 3 is 2.63 bits per heavy atom. The predicted molar refractivity (Wildman–Crippen MR) is 78.2 cm³/mol. The molecule has 1 unspecified atom stereocenters. The lowest BCUT2D eigenvalue weighted by molar-refractivity contribution is 0.0934. The molecule has 1 atom stereocenters. The first-order valence-corrected chi connectivity index (χ1v) is 6.90. The monoisotopic (exact) mass is 321 g/mol. The molecule has 2 rings (SSSR count). The molecule has 0 saturated heterocycles. The average Bonchev–Trinajstić information content (AvgIpc) is 2.79. The van der Waals surface area contributed by atoms with E-state index in [1.807, 2.05) is 51.1 Å². The van der Waals surface area contributed by atoms with Crippen LogP contribution in [-0.2, 0) is 0 Å². The fourth-order valence-corrected chi connectivity index (χ4v) is 2.23. The van der Waals surface area contributed by atoms with Crippen molar-refractivity contribution in [3.05, 3.63) is 57.5 Å². The van der Waals surface area contributed by atoms with Crippen LogP contribution in [0.25, 0.3) is 0 Å². The van der Waals surface area contributed by atoms with E-state index in [1.54, 1.807) is 0 Å². The van der Waals surface area contributed by atoms with Crippen molar-refractivity contribution in [2.75, 3.05) is 0 Å². The van der Waals surface area contributed by atoms with E-state index >= 15 is 0 Å². The van der Waals surface area contributed by atoms with Gasteiger partial charge in [-0.2, -0.15) is 0 Å². The van der Waals surface area contributed by atoms with Crippen LogP contribution in [0, 0.1) is 13.8 Å². The first kappa shape index (κ1) is 13.9. The predicted octanol–water partition coefficient (Wildman–Crippen LogP) is 4.15. The van der Waals surface area contributed by atoms with Crippen molar-refractivity contribution in [1.29, 1.82) is 0 Å². The SMILES string of the molecule is Cc1ccc(C(C)NC(=O)c2cc(Br)ccc2C)o1. The molecule has 1 aromatic heterocycles. The minimum atomic E-state index is -0.153. The highest BCUT2D eigenvalue weighted by Crippen LogP contribution is 2.19. The number of halogens is 1. The summed E-state index contributed by atoms with van der Waals surface area (Å²) < 4.78 is 6.41. The zero-order valence-corrected chi connectivity index (χ0v) is 12.7. The molecule has 0 aliphatic rings. The lowest BCUT2D eigenvalue weighted by atomic mass is 10.1. The van der Waals surface area contributed by atoms with Gasteiger partial charge in [0.1, 0.15) is 11.5 Å². The summed E-state index contributed by atoms with van der Waals surface area (Å²) in [6.45, 7) is 5.71. The Balaban J connectivity index is 2.15. The van der Waals surface area contributed by atoms with Crippen LogP contribution in [-0.4, -0.2) is 5.91 Å². The molecule has 1 N–H and O–H groups in total. The van der Waals surface area contributed by atoms with Gasteiger partial charge >= 0.3 is 0 Å². The van der Waals surface area contributed by atoms with Crippen LogP contribution in [0.5, 0.6) is 0 Å². The number of aryl methyl sites for hydroxylation is 2. The highest BCUT2D eigenvalue weighted by molar-refractivity contribution is 9.10. The Kier molecular flexibility index (Phi) is 4.10. The van der Waals surface area contributed by atoms with E-state index < -0.39 is 0 Å². The second kappa shape index (κ2) is 5.61. The number of amides is 1. The van der Waals surface area contributed by atoms with E-state index in [0.717, 1.165) is 21.6 Å². The Morgan fingerprint density at radius 1 is 1.26 bits per heavy atom. The van der Waals surface area contributed by atoms with Crippen LogP contribution in [0.1, 0.15) is 40.4 Å². The normalized spacial score (nSPS) is 12.2. The number of carbonyl (C=O) groups excluding carboxylic acids is 1. The third-order valence-electron chi connectivity index (χ3n) is 2.98. The Morgan fingerprint density at radius 2 is 2.00 bits per heavy atom. The van der Waals surface area contributed by atoms with Crippen molar-refractivity contribution in [2.24, 2.45) is 0 Å². The molecule has 1 amide bonds. The summed E-state index contributed by atoms with van der Waals surface area (Å²) in [6.07, 6.45) is 0. The third-order valence-corrected chi connectivity index (χ3v) is 3.47. The van der Waals surface area contributed by atoms with Gasteiger partial charge in [0.05, 0.1) is 6.04 Å². The van der Waals surface area contributed by atoms with Gasteiger partial charge in [-0.1, -0.05) is 22.0 Å². The first-order chi connectivity index (χ1) is 8.97. The maximum atomic E-state index is 12.2. The molecule has 0 fully saturated rings. The van der Waals surface area contributed by atoms with Gasteiger partial charge in [0.15, 0.2) is 0 Å². The summed E-state index contributed by atoms with van der Waals surface area (Å²) in [5.74, 6) is 1.51. The summed E-state index contributed by atoms with van der Waals surface area (Å²) in [5, 5.41) is 2.94. The minimum absolute atomic E-state index is 0.0969. The molecule has 1 aromatic carbocycles. The average molecular weight is 322 g/mol. The van der Waals surface area contributed by atoms with Crippen LogP contribution in [0.2, 0.25) is 0 Å². The summed E-state index contributed by atoms with van der Waals surface area (Å²) in [5.41, 5.74) is 1.62. The van der Waals surface area contributed by atoms with Gasteiger partial charge in [-0.15, -0.1) is 0 Å². The molecular formula is C15H16BrNO2. The topological polar surface area (TPSA) is 42.2 Å². The lowest BCUT2D eigenvalue weighted by Gasteiger charge is -2.13. The smallest absolute Gasteiger partial charge is 0.252 e. The second-order valence-electron chi connectivity index (χ2n) is 4.60. The zero-order valence-electron chi connectivity index (χ0n) is 11.2. The van der Waals surface area contributed by atoms with Crippen molar-refractivity contribution >= 4 is 21.8 Å². The Hall–Kier alpha value is -1.55. The molecule has 1 heterocycles. The molecule has 0 bridgehead atoms. The van der Waals surface area contributed by atoms with Gasteiger partial charge in [-0.05, 0) is 50.6 Å². The lowest BCUT2D eigenvalue weighted by Crippen LogP contribution is -2.27. The maximum absolute atomic E-state index is 12.2. The summed E-state index contributed by atoms with van der Waals surface area (Å²) >= 11 is 3.38. The molecular weight excluding hydrogens is 306 g/mol. The number of benzene rings is 1. The maximum Gasteiger partial charge on any atom is 0.252 e. The van der Waals surface area contributed by atoms with Gasteiger partial charge < -0.3 is 9.73 Å². The van der Waals surface area contributed by atoms with Gasteiger partial charge in [-0.25, -0.2) is 0 Å². The molecule has 0 spiro atoms. The van der Waals surface area contributed by atoms with E-state index in [-0.39, 0.29) is 11.9 Å². The molecule has 2 aromatic rings. The van der Waals surface area contributed by atoms with Crippen LogP contribution >= 0.6 is 15.9 Å². The van der Waals surface area contributed by atoms with Gasteiger partial charge in [0, 0.05) is 10.0 Å². The van der Waals surface area contributed by atoms with E-state index in [0.29, 0.717) is 5.56 Å². The molecule has 0 radical (unpaired) electrons. The second-order valence-corrected chi connectivity index (χ2v) is 5.52. The molecule has 3 nitrogen and oxygen atoms in total. The number of furan rings is 1. The molecule has 100 valence electrons. The summed E-state index contributed by atoms with van der Waals surface area (Å²) in [7, 11) is 0. The van der Waals surface area contributed by atoms with E-state index in [2.05, 4.69) is 21.2 Å². The summed E-state index contributed by atoms with van der Waals surface area (Å²) in [6, 6.07) is 9.28. The third kappa shape index (κ3) is 3.26. The molecule has 19 heavy (non-hydrogen) atoms. The van der Waals surface area contributed by atoms with Crippen LogP contribution in [0.4, 0.5) is 0 Å². The fourth-order valence-electron chi connectivity index (χ4n) is 1.87. The van der Waals surface area contributed by atoms with Crippen LogP contribution < -0.4 is 5.32 Å². The van der Waals surface area contributed by atoms with Crippen molar-refractivity contribution in [2.45, 2.75) is 26.8 Å². The van der Waals surface area contributed by atoms with E-state index in [1.165, 1.54) is 0 Å². The van der Waals surface area contributed by atoms with Gasteiger partial charge in [-0.3, -0.25) is 4.79 Å². The number of hydrogen-bond acceptors (Lipinski definition) is 2. The molecule has 4 heteroatoms. The molecule has 0 aliphatic carbocycles. The molecule has 0 aliphatic heterocycles. The van der Waals surface area contributed by atoms with Crippen molar-refractivity contribution < 1.29 is 9.21 Å². The standard InChI is InChI=1S/C15H16BrNO2/c1-9-4-6-12(16)8-13(9)15(18)17-11(3)14-7-5-10(2)19-14/h4-8,11H,1-3H3,(H,17,18). The quantitative estimate of drug-likeness (QED) is 0.922. The summed E-state index contributed by atoms with van der Waals surface area (Å²) in [4.78, 5) is 12.2. The van der Waals surface area contributed by atoms with Crippen LogP contribution in [0.3, 0.4) is 0 Å². The molecule has 0 saturated carbocycles. The highest BCUT2D eigenvalue weighted by Gasteiger charge is 2.15. The fraction of sp³-hybridized carbons (Fsp3) is 0.267. The van der Waals surface area contributed by atoms with Crippen molar-refractivity contribution in [3.63, 3.8) is 0 Å². The van der Waals surface area contributed by atoms with Crippen LogP contribution in [0.15, 0.2) is 39.2 Å². The zero-order chi connectivity index (χ0) is 14.0. The Bertz CT molecular complexity index is 604. The number of carbonyl (C=O) groups is 1. The largest absolute Gasteiger partial charge is 0.464 e. The number of hydrogen-bond donors (Lipinski definition) is 1. The van der Waals surface area contributed by atoms with Crippen molar-refractivity contribution in [1.82, 2.24) is 5.32 Å². The van der Waals surface area contributed by atoms with Crippen molar-refractivity contribution in [3.8, 4) is 0 Å². The van der Waals surface area contributed by atoms with E-state index in [4.69, 9.17) is 4.42 Å². The Labute approximate surface area is 121 Å². The highest BCUT2D eigenvalue weighted by atomic mass is 79.9. The van der Waals surface area contributed by atoms with E-state index in [9.17, 15) is 4.79 Å². The minimum Gasteiger partial charge on any atom is -0.464 e. The van der Waals surface area contributed by atoms with Gasteiger partial charge in [0.25, 0.3) is 5.91 Å². The number of rotatable bonds is 3. The first-order valence-electron chi connectivity index (χ1n) is 6.10. The number of nitrogens with one attached hydrogen (secondary N) is 1. The van der Waals surface area contributed by atoms with Gasteiger partial charge in [0.2, 0.25) is 0 Å².